The minimum absolute atomic E-state index is 0.215. The summed E-state index contributed by atoms with van der Waals surface area (Å²) in [6.07, 6.45) is 0.785. The molecule has 0 aromatic carbocycles. The van der Waals surface area contributed by atoms with E-state index in [1.165, 1.54) is 11.3 Å². The maximum Gasteiger partial charge on any atom is 0.275 e. The zero-order valence-electron chi connectivity index (χ0n) is 8.23. The van der Waals surface area contributed by atoms with Crippen LogP contribution in [0.4, 0.5) is 0 Å². The number of hydrogen-bond acceptors (Lipinski definition) is 5. The van der Waals surface area contributed by atoms with E-state index in [0.29, 0.717) is 4.88 Å². The van der Waals surface area contributed by atoms with Gasteiger partial charge in [-0.1, -0.05) is 0 Å². The molecule has 1 rings (SSSR count). The lowest BCUT2D eigenvalue weighted by atomic mass is 10.3. The number of thiophene rings is 1. The van der Waals surface area contributed by atoms with Crippen molar-refractivity contribution in [2.45, 2.75) is 12.2 Å². The molecule has 6 heteroatoms. The lowest BCUT2D eigenvalue weighted by Gasteiger charge is -2.02. The Hall–Kier alpha value is -0.560. The fraction of sp³-hybridized carbons (Fsp3) is 0.444. The second kappa shape index (κ2) is 6.84. The average Bonchev–Trinajstić information content (AvgIpc) is 2.71. The molecular weight excluding hydrogens is 232 g/mol. The van der Waals surface area contributed by atoms with Crippen LogP contribution in [0.15, 0.2) is 11.4 Å². The van der Waals surface area contributed by atoms with E-state index in [2.05, 4.69) is 5.43 Å². The predicted molar refractivity (Wildman–Crippen MR) is 63.8 cm³/mol. The number of hydrazine groups is 1. The third-order valence-electron chi connectivity index (χ3n) is 1.79. The highest BCUT2D eigenvalue weighted by Gasteiger charge is 2.11. The molecule has 0 aliphatic heterocycles. The SMILES string of the molecule is NNC(=O)c1sccc1CSCCCO. The van der Waals surface area contributed by atoms with Crippen LogP contribution < -0.4 is 11.3 Å². The van der Waals surface area contributed by atoms with Crippen LogP contribution in [0.5, 0.6) is 0 Å². The summed E-state index contributed by atoms with van der Waals surface area (Å²) >= 11 is 3.09. The van der Waals surface area contributed by atoms with Gasteiger partial charge in [0.15, 0.2) is 0 Å². The minimum Gasteiger partial charge on any atom is -0.396 e. The number of aliphatic hydroxyl groups is 1. The lowest BCUT2D eigenvalue weighted by molar-refractivity contribution is 0.0957. The fourth-order valence-electron chi connectivity index (χ4n) is 1.06. The molecule has 15 heavy (non-hydrogen) atoms. The zero-order chi connectivity index (χ0) is 11.1. The Morgan fingerprint density at radius 2 is 2.47 bits per heavy atom. The van der Waals surface area contributed by atoms with Gasteiger partial charge in [-0.2, -0.15) is 11.8 Å². The number of nitrogen functional groups attached to an aromatic ring is 1. The Balaban J connectivity index is 2.46. The predicted octanol–water partition coefficient (Wildman–Crippen LogP) is 0.967. The van der Waals surface area contributed by atoms with Crippen LogP contribution in [0, 0.1) is 0 Å². The van der Waals surface area contributed by atoms with Crippen molar-refractivity contribution in [1.29, 1.82) is 0 Å². The molecule has 0 spiro atoms. The number of thioether (sulfide) groups is 1. The molecule has 0 saturated carbocycles. The number of aliphatic hydroxyl groups excluding tert-OH is 1. The molecule has 0 radical (unpaired) electrons. The van der Waals surface area contributed by atoms with Crippen LogP contribution in [0.25, 0.3) is 0 Å². The van der Waals surface area contributed by atoms with Gasteiger partial charge < -0.3 is 5.11 Å². The number of amides is 1. The van der Waals surface area contributed by atoms with Crippen LogP contribution in [-0.4, -0.2) is 23.4 Å². The van der Waals surface area contributed by atoms with E-state index in [9.17, 15) is 4.79 Å². The molecule has 1 amide bonds. The van der Waals surface area contributed by atoms with Crippen molar-refractivity contribution in [2.75, 3.05) is 12.4 Å². The van der Waals surface area contributed by atoms with Crippen molar-refractivity contribution in [3.05, 3.63) is 21.9 Å². The summed E-state index contributed by atoms with van der Waals surface area (Å²) in [5.41, 5.74) is 3.14. The van der Waals surface area contributed by atoms with E-state index < -0.39 is 0 Å². The fourth-order valence-corrected chi connectivity index (χ4v) is 2.92. The maximum absolute atomic E-state index is 11.3. The summed E-state index contributed by atoms with van der Waals surface area (Å²) in [5, 5.41) is 10.5. The highest BCUT2D eigenvalue weighted by molar-refractivity contribution is 7.98. The molecule has 0 saturated heterocycles. The van der Waals surface area contributed by atoms with E-state index in [-0.39, 0.29) is 12.5 Å². The van der Waals surface area contributed by atoms with Crippen LogP contribution in [0.1, 0.15) is 21.7 Å². The van der Waals surface area contributed by atoms with Gasteiger partial charge in [0.25, 0.3) is 5.91 Å². The van der Waals surface area contributed by atoms with E-state index >= 15 is 0 Å². The van der Waals surface area contributed by atoms with Gasteiger partial charge in [-0.3, -0.25) is 10.2 Å². The average molecular weight is 246 g/mol. The van der Waals surface area contributed by atoms with Gasteiger partial charge >= 0.3 is 0 Å². The molecule has 0 bridgehead atoms. The Kier molecular flexibility index (Phi) is 5.70. The van der Waals surface area contributed by atoms with Crippen molar-refractivity contribution in [3.63, 3.8) is 0 Å². The van der Waals surface area contributed by atoms with Gasteiger partial charge in [-0.25, -0.2) is 5.84 Å². The van der Waals surface area contributed by atoms with Crippen molar-refractivity contribution in [1.82, 2.24) is 5.43 Å². The van der Waals surface area contributed by atoms with E-state index in [4.69, 9.17) is 10.9 Å². The first kappa shape index (κ1) is 12.5. The molecule has 0 atom stereocenters. The number of carbonyl (C=O) groups is 1. The second-order valence-electron chi connectivity index (χ2n) is 2.88. The first-order valence-corrected chi connectivity index (χ1v) is 6.59. The Bertz CT molecular complexity index is 315. The van der Waals surface area contributed by atoms with Crippen LogP contribution >= 0.6 is 23.1 Å². The van der Waals surface area contributed by atoms with Crippen molar-refractivity contribution >= 4 is 29.0 Å². The van der Waals surface area contributed by atoms with Gasteiger partial charge in [0.05, 0.1) is 4.88 Å². The Labute approximate surface area is 96.8 Å². The summed E-state index contributed by atoms with van der Waals surface area (Å²) in [6.45, 7) is 0.215. The Morgan fingerprint density at radius 1 is 1.67 bits per heavy atom. The maximum atomic E-state index is 11.3. The number of carbonyl (C=O) groups excluding carboxylic acids is 1. The number of rotatable bonds is 6. The standard InChI is InChI=1S/C9H14N2O2S2/c10-11-9(13)8-7(2-5-15-8)6-14-4-1-3-12/h2,5,12H,1,3-4,6,10H2,(H,11,13). The second-order valence-corrected chi connectivity index (χ2v) is 4.90. The monoisotopic (exact) mass is 246 g/mol. The lowest BCUT2D eigenvalue weighted by Crippen LogP contribution is -2.29. The normalized spacial score (nSPS) is 10.3. The third kappa shape index (κ3) is 3.83. The summed E-state index contributed by atoms with van der Waals surface area (Å²) < 4.78 is 0. The third-order valence-corrected chi connectivity index (χ3v) is 3.84. The molecule has 1 aromatic rings. The van der Waals surface area contributed by atoms with Gasteiger partial charge in [0.2, 0.25) is 0 Å². The summed E-state index contributed by atoms with van der Waals surface area (Å²) in [5.74, 6) is 6.53. The van der Waals surface area contributed by atoms with E-state index in [1.807, 2.05) is 11.4 Å². The van der Waals surface area contributed by atoms with Crippen LogP contribution in [0.3, 0.4) is 0 Å². The first-order chi connectivity index (χ1) is 7.29. The van der Waals surface area contributed by atoms with Crippen molar-refractivity contribution in [2.24, 2.45) is 5.84 Å². The highest BCUT2D eigenvalue weighted by Crippen LogP contribution is 2.22. The summed E-state index contributed by atoms with van der Waals surface area (Å²) in [7, 11) is 0. The quantitative estimate of drug-likeness (QED) is 0.302. The first-order valence-electron chi connectivity index (χ1n) is 4.55. The largest absolute Gasteiger partial charge is 0.396 e. The number of hydrogen-bond donors (Lipinski definition) is 3. The van der Waals surface area contributed by atoms with Gasteiger partial charge in [-0.15, -0.1) is 11.3 Å². The topological polar surface area (TPSA) is 75.3 Å². The highest BCUT2D eigenvalue weighted by atomic mass is 32.2. The molecular formula is C9H14N2O2S2. The molecule has 0 aliphatic rings. The van der Waals surface area contributed by atoms with Crippen molar-refractivity contribution in [3.8, 4) is 0 Å². The molecule has 0 fully saturated rings. The summed E-state index contributed by atoms with van der Waals surface area (Å²) in [4.78, 5) is 12.0. The summed E-state index contributed by atoms with van der Waals surface area (Å²) in [6, 6.07) is 1.93. The molecule has 4 nitrogen and oxygen atoms in total. The van der Waals surface area contributed by atoms with Crippen LogP contribution in [0.2, 0.25) is 0 Å². The molecule has 0 unspecified atom stereocenters. The van der Waals surface area contributed by atoms with E-state index in [1.54, 1.807) is 11.8 Å². The molecule has 0 aliphatic carbocycles. The molecule has 1 heterocycles. The number of nitrogens with two attached hydrogens (primary N) is 1. The van der Waals surface area contributed by atoms with Crippen molar-refractivity contribution < 1.29 is 9.90 Å². The molecule has 84 valence electrons. The zero-order valence-corrected chi connectivity index (χ0v) is 9.87. The Morgan fingerprint density at radius 3 is 3.13 bits per heavy atom. The van der Waals surface area contributed by atoms with Crippen LogP contribution in [-0.2, 0) is 5.75 Å². The van der Waals surface area contributed by atoms with Gasteiger partial charge in [0.1, 0.15) is 0 Å². The van der Waals surface area contributed by atoms with E-state index in [0.717, 1.165) is 23.5 Å². The molecule has 1 aromatic heterocycles. The van der Waals surface area contributed by atoms with Gasteiger partial charge in [-0.05, 0) is 29.2 Å². The molecule has 4 N–H and O–H groups in total. The number of nitrogens with one attached hydrogen (secondary N) is 1. The van der Waals surface area contributed by atoms with Gasteiger partial charge in [0, 0.05) is 12.4 Å². The minimum atomic E-state index is -0.234. The smallest absolute Gasteiger partial charge is 0.275 e.